The minimum Gasteiger partial charge on any atom is -0.306 e. The van der Waals surface area contributed by atoms with Crippen LogP contribution in [-0.4, -0.2) is 11.4 Å². The Bertz CT molecular complexity index is 395. The number of amides is 1. The molecule has 0 bridgehead atoms. The smallest absolute Gasteiger partial charge is 0.231 e. The minimum absolute atomic E-state index is 0.0797. The summed E-state index contributed by atoms with van der Waals surface area (Å²) in [4.78, 5) is 13.9. The third kappa shape index (κ3) is 1.54. The Morgan fingerprint density at radius 1 is 1.33 bits per heavy atom. The number of carbonyl (C=O) groups is 1. The molecule has 1 heterocycles. The molecular weight excluding hydrogens is 186 g/mol. The molecule has 2 nitrogen and oxygen atoms in total. The number of anilines is 1. The van der Waals surface area contributed by atoms with Crippen LogP contribution >= 0.6 is 0 Å². The number of hydrogen-bond donors (Lipinski definition) is 0. The highest BCUT2D eigenvalue weighted by atomic mass is 16.2. The average molecular weight is 203 g/mol. The van der Waals surface area contributed by atoms with E-state index in [1.54, 1.807) is 0 Å². The molecule has 0 saturated carbocycles. The molecule has 0 aliphatic carbocycles. The Morgan fingerprint density at radius 2 is 2.00 bits per heavy atom. The Morgan fingerprint density at radius 3 is 2.67 bits per heavy atom. The highest BCUT2D eigenvalue weighted by Crippen LogP contribution is 2.35. The van der Waals surface area contributed by atoms with Crippen LogP contribution in [0, 0.1) is 0 Å². The number of benzene rings is 1. The Balaban J connectivity index is 2.46. The van der Waals surface area contributed by atoms with E-state index in [-0.39, 0.29) is 11.4 Å². The number of hydrogen-bond acceptors (Lipinski definition) is 1. The van der Waals surface area contributed by atoms with Crippen LogP contribution in [0.25, 0.3) is 0 Å². The van der Waals surface area contributed by atoms with Gasteiger partial charge >= 0.3 is 0 Å². The number of nitrogens with zero attached hydrogens (tertiary/aromatic N) is 1. The van der Waals surface area contributed by atoms with Gasteiger partial charge in [0.15, 0.2) is 0 Å². The predicted octanol–water partition coefficient (Wildman–Crippen LogP) is 2.76. The second kappa shape index (κ2) is 3.37. The van der Waals surface area contributed by atoms with Gasteiger partial charge in [-0.2, -0.15) is 0 Å². The van der Waals surface area contributed by atoms with Crippen LogP contribution in [0.3, 0.4) is 0 Å². The second-order valence-electron chi connectivity index (χ2n) is 4.70. The first-order valence-corrected chi connectivity index (χ1v) is 5.47. The minimum atomic E-state index is -0.0797. The summed E-state index contributed by atoms with van der Waals surface area (Å²) in [5.41, 5.74) is 2.17. The van der Waals surface area contributed by atoms with Crippen molar-refractivity contribution < 1.29 is 4.79 Å². The molecule has 0 spiro atoms. The van der Waals surface area contributed by atoms with E-state index < -0.39 is 0 Å². The zero-order valence-electron chi connectivity index (χ0n) is 9.58. The van der Waals surface area contributed by atoms with E-state index in [2.05, 4.69) is 20.8 Å². The normalized spacial score (nSPS) is 15.7. The summed E-state index contributed by atoms with van der Waals surface area (Å²) < 4.78 is 0. The van der Waals surface area contributed by atoms with Gasteiger partial charge < -0.3 is 4.90 Å². The van der Waals surface area contributed by atoms with Crippen molar-refractivity contribution in [3.63, 3.8) is 0 Å². The van der Waals surface area contributed by atoms with Gasteiger partial charge in [-0.1, -0.05) is 25.1 Å². The SMILES string of the molecule is CCC(C)(C)N1C(=O)Cc2ccccc21. The van der Waals surface area contributed by atoms with Gasteiger partial charge in [0.25, 0.3) is 0 Å². The maximum absolute atomic E-state index is 12.0. The summed E-state index contributed by atoms with van der Waals surface area (Å²) in [5, 5.41) is 0. The molecule has 1 aliphatic heterocycles. The lowest BCUT2D eigenvalue weighted by atomic mass is 9.99. The van der Waals surface area contributed by atoms with Gasteiger partial charge in [0, 0.05) is 11.2 Å². The van der Waals surface area contributed by atoms with Crippen molar-refractivity contribution in [2.24, 2.45) is 0 Å². The topological polar surface area (TPSA) is 20.3 Å². The summed E-state index contributed by atoms with van der Waals surface area (Å²) in [6.07, 6.45) is 1.52. The molecule has 2 heteroatoms. The number of carbonyl (C=O) groups excluding carboxylic acids is 1. The van der Waals surface area contributed by atoms with E-state index in [0.717, 1.165) is 17.7 Å². The van der Waals surface area contributed by atoms with Crippen LogP contribution < -0.4 is 4.90 Å². The lowest BCUT2D eigenvalue weighted by Gasteiger charge is -2.35. The summed E-state index contributed by atoms with van der Waals surface area (Å²) in [6, 6.07) is 8.07. The molecule has 15 heavy (non-hydrogen) atoms. The summed E-state index contributed by atoms with van der Waals surface area (Å²) >= 11 is 0. The van der Waals surface area contributed by atoms with E-state index in [0.29, 0.717) is 6.42 Å². The van der Waals surface area contributed by atoms with E-state index in [1.807, 2.05) is 29.2 Å². The van der Waals surface area contributed by atoms with E-state index in [9.17, 15) is 4.79 Å². The quantitative estimate of drug-likeness (QED) is 0.723. The van der Waals surface area contributed by atoms with Crippen LogP contribution in [0.4, 0.5) is 5.69 Å². The van der Waals surface area contributed by atoms with Crippen LogP contribution in [0.2, 0.25) is 0 Å². The molecule has 1 aliphatic rings. The Labute approximate surface area is 90.9 Å². The number of rotatable bonds is 2. The van der Waals surface area contributed by atoms with Crippen molar-refractivity contribution in [2.75, 3.05) is 4.90 Å². The monoisotopic (exact) mass is 203 g/mol. The lowest BCUT2D eigenvalue weighted by molar-refractivity contribution is -0.118. The van der Waals surface area contributed by atoms with Gasteiger partial charge in [-0.05, 0) is 31.9 Å². The number of para-hydroxylation sites is 1. The summed E-state index contributed by atoms with van der Waals surface area (Å²) in [5.74, 6) is 0.225. The molecule has 0 saturated heterocycles. The van der Waals surface area contributed by atoms with Crippen molar-refractivity contribution in [2.45, 2.75) is 39.2 Å². The molecule has 0 unspecified atom stereocenters. The molecule has 0 atom stereocenters. The molecule has 1 aromatic rings. The van der Waals surface area contributed by atoms with Crippen LogP contribution in [0.1, 0.15) is 32.8 Å². The van der Waals surface area contributed by atoms with Gasteiger partial charge in [0.1, 0.15) is 0 Å². The van der Waals surface area contributed by atoms with Crippen LogP contribution in [0.5, 0.6) is 0 Å². The van der Waals surface area contributed by atoms with Crippen molar-refractivity contribution >= 4 is 11.6 Å². The van der Waals surface area contributed by atoms with E-state index in [4.69, 9.17) is 0 Å². The fraction of sp³-hybridized carbons (Fsp3) is 0.462. The first-order chi connectivity index (χ1) is 7.06. The lowest BCUT2D eigenvalue weighted by Crippen LogP contribution is -2.45. The molecule has 1 amide bonds. The fourth-order valence-corrected chi connectivity index (χ4v) is 2.08. The van der Waals surface area contributed by atoms with Crippen molar-refractivity contribution in [3.8, 4) is 0 Å². The van der Waals surface area contributed by atoms with Gasteiger partial charge in [0.2, 0.25) is 5.91 Å². The molecule has 0 radical (unpaired) electrons. The van der Waals surface area contributed by atoms with Crippen molar-refractivity contribution in [1.82, 2.24) is 0 Å². The zero-order valence-corrected chi connectivity index (χ0v) is 9.58. The summed E-state index contributed by atoms with van der Waals surface area (Å²) in [6.45, 7) is 6.36. The Hall–Kier alpha value is -1.31. The Kier molecular flexibility index (Phi) is 2.29. The van der Waals surface area contributed by atoms with Crippen molar-refractivity contribution in [3.05, 3.63) is 29.8 Å². The third-order valence-electron chi connectivity index (χ3n) is 3.29. The van der Waals surface area contributed by atoms with Gasteiger partial charge in [-0.15, -0.1) is 0 Å². The van der Waals surface area contributed by atoms with Crippen molar-refractivity contribution in [1.29, 1.82) is 0 Å². The molecule has 0 fully saturated rings. The van der Waals surface area contributed by atoms with Gasteiger partial charge in [-0.3, -0.25) is 4.79 Å². The molecule has 1 aromatic carbocycles. The fourth-order valence-electron chi connectivity index (χ4n) is 2.08. The molecule has 80 valence electrons. The maximum atomic E-state index is 12.0. The maximum Gasteiger partial charge on any atom is 0.231 e. The number of fused-ring (bicyclic) bond motifs is 1. The molecule has 2 rings (SSSR count). The standard InChI is InChI=1S/C13H17NO/c1-4-13(2,3)14-11-8-6-5-7-10(11)9-12(14)15/h5-8H,4,9H2,1-3H3. The molecule has 0 aromatic heterocycles. The second-order valence-corrected chi connectivity index (χ2v) is 4.70. The molecule has 0 N–H and O–H groups in total. The van der Waals surface area contributed by atoms with E-state index in [1.165, 1.54) is 0 Å². The first kappa shape index (κ1) is 10.2. The predicted molar refractivity (Wildman–Crippen MR) is 62.0 cm³/mol. The van der Waals surface area contributed by atoms with Crippen LogP contribution in [0.15, 0.2) is 24.3 Å². The van der Waals surface area contributed by atoms with E-state index >= 15 is 0 Å². The first-order valence-electron chi connectivity index (χ1n) is 5.47. The third-order valence-corrected chi connectivity index (χ3v) is 3.29. The largest absolute Gasteiger partial charge is 0.306 e. The highest BCUT2D eigenvalue weighted by molar-refractivity contribution is 6.02. The molecular formula is C13H17NO. The zero-order chi connectivity index (χ0) is 11.1. The average Bonchev–Trinajstić information content (AvgIpc) is 2.54. The highest BCUT2D eigenvalue weighted by Gasteiger charge is 2.36. The van der Waals surface area contributed by atoms with Gasteiger partial charge in [0.05, 0.1) is 6.42 Å². The van der Waals surface area contributed by atoms with Gasteiger partial charge in [-0.25, -0.2) is 0 Å². The van der Waals surface area contributed by atoms with Crippen LogP contribution in [-0.2, 0) is 11.2 Å². The summed E-state index contributed by atoms with van der Waals surface area (Å²) in [7, 11) is 0.